The first-order valence-electron chi connectivity index (χ1n) is 4.86. The molecule has 5 heteroatoms. The minimum atomic E-state index is -1.03. The van der Waals surface area contributed by atoms with Crippen molar-refractivity contribution in [3.63, 3.8) is 0 Å². The molecule has 0 bridgehead atoms. The molecule has 14 heavy (non-hydrogen) atoms. The Bertz CT molecular complexity index is 207. The van der Waals surface area contributed by atoms with E-state index in [9.17, 15) is 4.79 Å². The largest absolute Gasteiger partial charge is 0.480 e. The van der Waals surface area contributed by atoms with E-state index in [2.05, 4.69) is 6.92 Å². The second kappa shape index (κ2) is 5.28. The lowest BCUT2D eigenvalue weighted by atomic mass is 9.96. The minimum Gasteiger partial charge on any atom is -0.480 e. The van der Waals surface area contributed by atoms with Crippen LogP contribution in [0.25, 0.3) is 0 Å². The van der Waals surface area contributed by atoms with Gasteiger partial charge in [0.15, 0.2) is 0 Å². The Labute approximate surface area is 93.2 Å². The molecule has 1 aliphatic heterocycles. The standard InChI is InChI=1S/C9H17NO2S2/c1-2-3-4-9(10,7(11)12)8-13-5-6-14-8/h8H,2-6,10H2,1H3,(H,11,12). The predicted octanol–water partition coefficient (Wildman–Crippen LogP) is 1.76. The van der Waals surface area contributed by atoms with Crippen molar-refractivity contribution in [1.82, 2.24) is 0 Å². The first kappa shape index (κ1) is 12.2. The first-order chi connectivity index (χ1) is 6.61. The van der Waals surface area contributed by atoms with Crippen LogP contribution in [0.5, 0.6) is 0 Å². The van der Waals surface area contributed by atoms with Crippen LogP contribution in [-0.2, 0) is 4.79 Å². The molecule has 0 aromatic carbocycles. The highest BCUT2D eigenvalue weighted by Crippen LogP contribution is 2.40. The van der Waals surface area contributed by atoms with Crippen LogP contribution >= 0.6 is 23.5 Å². The zero-order valence-corrected chi connectivity index (χ0v) is 10.00. The summed E-state index contributed by atoms with van der Waals surface area (Å²) < 4.78 is 0.0338. The van der Waals surface area contributed by atoms with Crippen molar-refractivity contribution in [3.8, 4) is 0 Å². The number of aliphatic carboxylic acids is 1. The van der Waals surface area contributed by atoms with Crippen LogP contribution in [0.3, 0.4) is 0 Å². The first-order valence-corrected chi connectivity index (χ1v) is 6.96. The van der Waals surface area contributed by atoms with Gasteiger partial charge in [-0.25, -0.2) is 0 Å². The molecule has 3 nitrogen and oxygen atoms in total. The molecule has 0 amide bonds. The maximum Gasteiger partial charge on any atom is 0.325 e. The number of rotatable bonds is 5. The zero-order chi connectivity index (χ0) is 10.6. The SMILES string of the molecule is CCCCC(N)(C(=O)O)C1SCCS1. The topological polar surface area (TPSA) is 63.3 Å². The molecule has 1 rings (SSSR count). The number of unbranched alkanes of at least 4 members (excludes halogenated alkanes) is 1. The lowest BCUT2D eigenvalue weighted by Gasteiger charge is -2.29. The van der Waals surface area contributed by atoms with Gasteiger partial charge in [0.25, 0.3) is 0 Å². The van der Waals surface area contributed by atoms with Crippen molar-refractivity contribution in [2.45, 2.75) is 36.3 Å². The van der Waals surface area contributed by atoms with Crippen molar-refractivity contribution >= 4 is 29.5 Å². The van der Waals surface area contributed by atoms with E-state index in [0.29, 0.717) is 6.42 Å². The maximum absolute atomic E-state index is 11.2. The van der Waals surface area contributed by atoms with Gasteiger partial charge in [0, 0.05) is 11.5 Å². The van der Waals surface area contributed by atoms with Gasteiger partial charge in [-0.15, -0.1) is 23.5 Å². The van der Waals surface area contributed by atoms with E-state index in [-0.39, 0.29) is 4.58 Å². The summed E-state index contributed by atoms with van der Waals surface area (Å²) >= 11 is 3.37. The van der Waals surface area contributed by atoms with Gasteiger partial charge in [0.2, 0.25) is 0 Å². The number of carboxylic acids is 1. The van der Waals surface area contributed by atoms with Gasteiger partial charge in [0.05, 0.1) is 4.58 Å². The lowest BCUT2D eigenvalue weighted by molar-refractivity contribution is -0.143. The minimum absolute atomic E-state index is 0.0338. The summed E-state index contributed by atoms with van der Waals surface area (Å²) in [5, 5.41) is 9.17. The molecule has 0 aromatic heterocycles. The molecule has 0 spiro atoms. The third-order valence-corrected chi connectivity index (χ3v) is 5.79. The van der Waals surface area contributed by atoms with Gasteiger partial charge >= 0.3 is 5.97 Å². The second-order valence-corrected chi connectivity index (χ2v) is 6.25. The molecule has 0 saturated carbocycles. The molecular weight excluding hydrogens is 218 g/mol. The third kappa shape index (κ3) is 2.58. The molecule has 0 radical (unpaired) electrons. The number of hydrogen-bond donors (Lipinski definition) is 2. The van der Waals surface area contributed by atoms with Gasteiger partial charge < -0.3 is 10.8 Å². The molecular formula is C9H17NO2S2. The third-order valence-electron chi connectivity index (χ3n) is 2.38. The van der Waals surface area contributed by atoms with Crippen LogP contribution in [0.4, 0.5) is 0 Å². The molecule has 0 aromatic rings. The predicted molar refractivity (Wildman–Crippen MR) is 62.8 cm³/mol. The summed E-state index contributed by atoms with van der Waals surface area (Å²) in [5.74, 6) is 1.19. The number of nitrogens with two attached hydrogens (primary N) is 1. The molecule has 1 fully saturated rings. The molecule has 0 aliphatic carbocycles. The van der Waals surface area contributed by atoms with E-state index in [1.54, 1.807) is 23.5 Å². The van der Waals surface area contributed by atoms with Crippen molar-refractivity contribution in [2.75, 3.05) is 11.5 Å². The Hall–Kier alpha value is 0.130. The average molecular weight is 235 g/mol. The number of thioether (sulfide) groups is 2. The van der Waals surface area contributed by atoms with E-state index >= 15 is 0 Å². The average Bonchev–Trinajstić information content (AvgIpc) is 2.66. The fourth-order valence-corrected chi connectivity index (χ4v) is 4.64. The van der Waals surface area contributed by atoms with Crippen LogP contribution in [0, 0.1) is 0 Å². The quantitative estimate of drug-likeness (QED) is 0.760. The normalized spacial score (nSPS) is 22.1. The monoisotopic (exact) mass is 235 g/mol. The van der Waals surface area contributed by atoms with Crippen LogP contribution in [0.1, 0.15) is 26.2 Å². The van der Waals surface area contributed by atoms with Crippen LogP contribution < -0.4 is 5.73 Å². The van der Waals surface area contributed by atoms with Crippen molar-refractivity contribution in [3.05, 3.63) is 0 Å². The number of hydrogen-bond acceptors (Lipinski definition) is 4. The van der Waals surface area contributed by atoms with Crippen LogP contribution in [0.2, 0.25) is 0 Å². The fourth-order valence-electron chi connectivity index (χ4n) is 1.45. The zero-order valence-electron chi connectivity index (χ0n) is 8.36. The molecule has 1 aliphatic rings. The fraction of sp³-hybridized carbons (Fsp3) is 0.889. The number of carbonyl (C=O) groups is 1. The summed E-state index contributed by atoms with van der Waals surface area (Å²) in [6.07, 6.45) is 2.47. The van der Waals surface area contributed by atoms with Gasteiger partial charge in [0.1, 0.15) is 5.54 Å². The van der Waals surface area contributed by atoms with E-state index in [0.717, 1.165) is 24.3 Å². The Balaban J connectivity index is 2.64. The van der Waals surface area contributed by atoms with Crippen molar-refractivity contribution < 1.29 is 9.90 Å². The Morgan fingerprint density at radius 1 is 1.57 bits per heavy atom. The van der Waals surface area contributed by atoms with Crippen LogP contribution in [-0.4, -0.2) is 32.7 Å². The maximum atomic E-state index is 11.2. The lowest BCUT2D eigenvalue weighted by Crippen LogP contribution is -2.54. The molecule has 3 N–H and O–H groups in total. The summed E-state index contributed by atoms with van der Waals surface area (Å²) in [6, 6.07) is 0. The Morgan fingerprint density at radius 2 is 2.14 bits per heavy atom. The smallest absolute Gasteiger partial charge is 0.325 e. The Kier molecular flexibility index (Phi) is 4.60. The number of carboxylic acid groups (broad SMARTS) is 1. The second-order valence-electron chi connectivity index (χ2n) is 3.52. The van der Waals surface area contributed by atoms with Gasteiger partial charge in [-0.05, 0) is 6.42 Å². The molecule has 82 valence electrons. The van der Waals surface area contributed by atoms with Crippen molar-refractivity contribution in [1.29, 1.82) is 0 Å². The summed E-state index contributed by atoms with van der Waals surface area (Å²) in [6.45, 7) is 2.05. The van der Waals surface area contributed by atoms with Gasteiger partial charge in [-0.2, -0.15) is 0 Å². The molecule has 1 atom stereocenters. The van der Waals surface area contributed by atoms with Gasteiger partial charge in [-0.3, -0.25) is 4.79 Å². The summed E-state index contributed by atoms with van der Waals surface area (Å²) in [4.78, 5) is 11.2. The molecule has 1 unspecified atom stereocenters. The van der Waals surface area contributed by atoms with E-state index < -0.39 is 11.5 Å². The highest BCUT2D eigenvalue weighted by Gasteiger charge is 2.44. The summed E-state index contributed by atoms with van der Waals surface area (Å²) in [7, 11) is 0. The highest BCUT2D eigenvalue weighted by atomic mass is 32.2. The van der Waals surface area contributed by atoms with Gasteiger partial charge in [-0.1, -0.05) is 19.8 Å². The van der Waals surface area contributed by atoms with Crippen LogP contribution in [0.15, 0.2) is 0 Å². The highest BCUT2D eigenvalue weighted by molar-refractivity contribution is 8.20. The molecule has 1 heterocycles. The summed E-state index contributed by atoms with van der Waals surface area (Å²) in [5.41, 5.74) is 4.97. The van der Waals surface area contributed by atoms with E-state index in [1.807, 2.05) is 0 Å². The van der Waals surface area contributed by atoms with E-state index in [1.165, 1.54) is 0 Å². The van der Waals surface area contributed by atoms with E-state index in [4.69, 9.17) is 10.8 Å². The van der Waals surface area contributed by atoms with Crippen molar-refractivity contribution in [2.24, 2.45) is 5.73 Å². The molecule has 1 saturated heterocycles. The Morgan fingerprint density at radius 3 is 2.57 bits per heavy atom.